The number of rotatable bonds is 15. The highest BCUT2D eigenvalue weighted by Crippen LogP contribution is 2.14. The number of hydrogen-bond acceptors (Lipinski definition) is 7. The van der Waals surface area contributed by atoms with Crippen molar-refractivity contribution in [2.24, 2.45) is 5.10 Å². The van der Waals surface area contributed by atoms with E-state index in [9.17, 15) is 4.79 Å². The molecule has 8 heteroatoms. The van der Waals surface area contributed by atoms with E-state index in [1.165, 1.54) is 33.7 Å². The molecule has 1 aliphatic carbocycles. The summed E-state index contributed by atoms with van der Waals surface area (Å²) in [6.45, 7) is 9.50. The van der Waals surface area contributed by atoms with Crippen LogP contribution in [0.4, 0.5) is 0 Å². The Hall–Kier alpha value is -3.56. The minimum Gasteiger partial charge on any atom is -0.384 e. The summed E-state index contributed by atoms with van der Waals surface area (Å²) in [5.74, 6) is -0.188. The van der Waals surface area contributed by atoms with E-state index < -0.39 is 0 Å². The molecule has 1 aromatic carbocycles. The molecule has 1 aliphatic heterocycles. The molecule has 0 saturated carbocycles. The number of hydrogen-bond donors (Lipinski definition) is 4. The zero-order chi connectivity index (χ0) is 28.5. The van der Waals surface area contributed by atoms with Gasteiger partial charge in [0.2, 0.25) is 0 Å². The van der Waals surface area contributed by atoms with Crippen molar-refractivity contribution < 1.29 is 4.79 Å². The molecule has 41 heavy (non-hydrogen) atoms. The second-order valence-electron chi connectivity index (χ2n) is 10.2. The van der Waals surface area contributed by atoms with Gasteiger partial charge in [0, 0.05) is 58.1 Å². The number of nitrogens with zero attached hydrogens (tertiary/aromatic N) is 2. The number of benzene rings is 1. The lowest BCUT2D eigenvalue weighted by Gasteiger charge is -2.24. The third-order valence-corrected chi connectivity index (χ3v) is 7.88. The van der Waals surface area contributed by atoms with Crippen LogP contribution in [0.5, 0.6) is 0 Å². The zero-order valence-electron chi connectivity index (χ0n) is 23.9. The normalized spacial score (nSPS) is 18.5. The predicted molar refractivity (Wildman–Crippen MR) is 172 cm³/mol. The van der Waals surface area contributed by atoms with Crippen LogP contribution < -0.4 is 21.4 Å². The fourth-order valence-corrected chi connectivity index (χ4v) is 5.18. The third-order valence-electron chi connectivity index (χ3n) is 7.01. The molecule has 2 aliphatic rings. The number of amides is 1. The Balaban J connectivity index is 1.27. The van der Waals surface area contributed by atoms with Crippen molar-refractivity contribution in [2.45, 2.75) is 26.3 Å². The summed E-state index contributed by atoms with van der Waals surface area (Å²) in [5, 5.41) is 16.6. The van der Waals surface area contributed by atoms with Gasteiger partial charge in [0.05, 0.1) is 11.1 Å². The first-order valence-electron chi connectivity index (χ1n) is 14.4. The lowest BCUT2D eigenvalue weighted by Crippen LogP contribution is -2.38. The van der Waals surface area contributed by atoms with Crippen LogP contribution in [0.3, 0.4) is 0 Å². The van der Waals surface area contributed by atoms with Gasteiger partial charge in [-0.1, -0.05) is 72.4 Å². The molecule has 216 valence electrons. The fraction of sp³-hybridized carbons (Fsp3) is 0.333. The maximum Gasteiger partial charge on any atom is 0.281 e. The first-order valence-corrected chi connectivity index (χ1v) is 15.3. The van der Waals surface area contributed by atoms with Gasteiger partial charge in [-0.15, -0.1) is 11.3 Å². The minimum absolute atomic E-state index is 0.188. The minimum atomic E-state index is -0.188. The highest BCUT2D eigenvalue weighted by atomic mass is 32.1. The predicted octanol–water partition coefficient (Wildman–Crippen LogP) is 4.76. The summed E-state index contributed by atoms with van der Waals surface area (Å²) in [5.41, 5.74) is 8.88. The lowest BCUT2D eigenvalue weighted by molar-refractivity contribution is 0.0959. The van der Waals surface area contributed by atoms with Crippen molar-refractivity contribution in [3.05, 3.63) is 117 Å². The molecule has 7 nitrogen and oxygen atoms in total. The SMILES string of the molecule is C\C1=C(CNCCN(CCNCC2=CC=CCN2)Cc2ccc(/C=N/NC(=O)c3cccs3)cc2)/C=C\C=C/CC1. The Bertz CT molecular complexity index is 1270. The van der Waals surface area contributed by atoms with Crippen LogP contribution in [0.25, 0.3) is 0 Å². The van der Waals surface area contributed by atoms with E-state index in [1.54, 1.807) is 12.3 Å². The van der Waals surface area contributed by atoms with Crippen LogP contribution in [-0.4, -0.2) is 62.8 Å². The molecular formula is C33H42N6OS. The molecule has 1 amide bonds. The molecule has 0 saturated heterocycles. The van der Waals surface area contributed by atoms with Crippen molar-refractivity contribution in [2.75, 3.05) is 45.8 Å². The molecule has 4 rings (SSSR count). The topological polar surface area (TPSA) is 80.8 Å². The maximum absolute atomic E-state index is 12.1. The molecule has 0 unspecified atom stereocenters. The van der Waals surface area contributed by atoms with Crippen LogP contribution in [0.15, 0.2) is 106 Å². The summed E-state index contributed by atoms with van der Waals surface area (Å²) in [7, 11) is 0. The van der Waals surface area contributed by atoms with Crippen LogP contribution in [-0.2, 0) is 6.54 Å². The standard InChI is InChI=1S/C33H42N6OS/c1-27-9-4-2-3-5-10-30(27)24-34-18-20-39(21-19-35-25-31-11-6-7-17-36-31)26-29-15-13-28(14-16-29)23-37-38-33(40)32-12-8-22-41-32/h2-3,5-8,10-16,22-23,34-36H,4,9,17-21,24-26H2,1H3,(H,38,40)/b3-2-,10-5-,30-27-,37-23+. The van der Waals surface area contributed by atoms with Crippen molar-refractivity contribution in [3.63, 3.8) is 0 Å². The molecule has 0 spiro atoms. The van der Waals surface area contributed by atoms with E-state index in [1.807, 2.05) is 23.6 Å². The van der Waals surface area contributed by atoms with Crippen molar-refractivity contribution in [1.29, 1.82) is 0 Å². The summed E-state index contributed by atoms with van der Waals surface area (Å²) >= 11 is 1.40. The van der Waals surface area contributed by atoms with Crippen LogP contribution >= 0.6 is 11.3 Å². The van der Waals surface area contributed by atoms with E-state index in [0.29, 0.717) is 4.88 Å². The van der Waals surface area contributed by atoms with Gasteiger partial charge in [-0.3, -0.25) is 9.69 Å². The highest BCUT2D eigenvalue weighted by Gasteiger charge is 2.08. The average Bonchev–Trinajstić information content (AvgIpc) is 3.53. The summed E-state index contributed by atoms with van der Waals surface area (Å²) < 4.78 is 0. The number of carbonyl (C=O) groups is 1. The number of carbonyl (C=O) groups excluding carboxylic acids is 1. The highest BCUT2D eigenvalue weighted by molar-refractivity contribution is 7.12. The second-order valence-corrected chi connectivity index (χ2v) is 11.1. The first-order chi connectivity index (χ1) is 20.2. The first kappa shape index (κ1) is 30.4. The molecule has 0 radical (unpaired) electrons. The Morgan fingerprint density at radius 3 is 2.63 bits per heavy atom. The Labute approximate surface area is 248 Å². The number of thiophene rings is 1. The smallest absolute Gasteiger partial charge is 0.281 e. The van der Waals surface area contributed by atoms with E-state index in [-0.39, 0.29) is 5.91 Å². The lowest BCUT2D eigenvalue weighted by atomic mass is 10.0. The van der Waals surface area contributed by atoms with Gasteiger partial charge in [-0.25, -0.2) is 5.43 Å². The molecule has 4 N–H and O–H groups in total. The molecule has 0 fully saturated rings. The molecule has 0 atom stereocenters. The molecule has 2 heterocycles. The molecule has 2 aromatic rings. The monoisotopic (exact) mass is 570 g/mol. The van der Waals surface area contributed by atoms with Crippen LogP contribution in [0.2, 0.25) is 0 Å². The Kier molecular flexibility index (Phi) is 12.8. The van der Waals surface area contributed by atoms with Gasteiger partial charge in [0.15, 0.2) is 0 Å². The van der Waals surface area contributed by atoms with E-state index >= 15 is 0 Å². The van der Waals surface area contributed by atoms with Gasteiger partial charge in [0.25, 0.3) is 5.91 Å². The quantitative estimate of drug-likeness (QED) is 0.141. The summed E-state index contributed by atoms with van der Waals surface area (Å²) in [6.07, 6.45) is 19.0. The largest absolute Gasteiger partial charge is 0.384 e. The van der Waals surface area contributed by atoms with Gasteiger partial charge >= 0.3 is 0 Å². The van der Waals surface area contributed by atoms with Crippen molar-refractivity contribution in [1.82, 2.24) is 26.3 Å². The van der Waals surface area contributed by atoms with E-state index in [0.717, 1.165) is 70.8 Å². The fourth-order valence-electron chi connectivity index (χ4n) is 4.57. The number of dihydropyridines is 1. The van der Waals surface area contributed by atoms with E-state index in [2.05, 4.69) is 93.0 Å². The molecular weight excluding hydrogens is 528 g/mol. The number of nitrogens with one attached hydrogen (secondary N) is 4. The third kappa shape index (κ3) is 11.1. The van der Waals surface area contributed by atoms with Crippen molar-refractivity contribution in [3.8, 4) is 0 Å². The van der Waals surface area contributed by atoms with Crippen molar-refractivity contribution >= 4 is 23.5 Å². The Morgan fingerprint density at radius 2 is 1.88 bits per heavy atom. The van der Waals surface area contributed by atoms with E-state index in [4.69, 9.17) is 0 Å². The summed E-state index contributed by atoms with van der Waals surface area (Å²) in [4.78, 5) is 15.2. The Morgan fingerprint density at radius 1 is 1.05 bits per heavy atom. The number of hydrazone groups is 1. The molecule has 1 aromatic heterocycles. The maximum atomic E-state index is 12.1. The number of allylic oxidation sites excluding steroid dienone is 6. The molecule has 0 bridgehead atoms. The van der Waals surface area contributed by atoms with Gasteiger partial charge in [0.1, 0.15) is 0 Å². The van der Waals surface area contributed by atoms with Crippen LogP contribution in [0.1, 0.15) is 40.6 Å². The van der Waals surface area contributed by atoms with Gasteiger partial charge in [-0.2, -0.15) is 5.10 Å². The van der Waals surface area contributed by atoms with Gasteiger partial charge in [-0.05, 0) is 54.0 Å². The average molecular weight is 571 g/mol. The van der Waals surface area contributed by atoms with Gasteiger partial charge < -0.3 is 16.0 Å². The second kappa shape index (κ2) is 17.3. The summed E-state index contributed by atoms with van der Waals surface area (Å²) in [6, 6.07) is 12.0. The van der Waals surface area contributed by atoms with Crippen LogP contribution in [0, 0.1) is 0 Å². The zero-order valence-corrected chi connectivity index (χ0v) is 24.8.